The van der Waals surface area contributed by atoms with E-state index in [9.17, 15) is 0 Å². The van der Waals surface area contributed by atoms with Crippen molar-refractivity contribution in [3.8, 4) is 0 Å². The van der Waals surface area contributed by atoms with Crippen LogP contribution < -0.4 is 5.73 Å². The Bertz CT molecular complexity index is 798. The molecule has 1 aromatic rings. The standard InChI is InChI=1S/C24H29N/c1-17-14-15-21(18(2)23(17)25)22(19-10-6-5-7-11-19)16-24(3,4)20-12-8-9-13-20/h5-12,14-15,18H,13,16,25H2,1-4H3. The number of hydrogen-bond donors (Lipinski definition) is 1. The van der Waals surface area contributed by atoms with Gasteiger partial charge in [0.25, 0.3) is 0 Å². The molecule has 1 atom stereocenters. The molecule has 1 unspecified atom stereocenters. The second-order valence-corrected chi connectivity index (χ2v) is 7.88. The molecule has 0 saturated carbocycles. The van der Waals surface area contributed by atoms with E-state index in [1.807, 2.05) is 0 Å². The third-order valence-electron chi connectivity index (χ3n) is 5.63. The molecule has 0 heterocycles. The van der Waals surface area contributed by atoms with Crippen LogP contribution in [0.5, 0.6) is 0 Å². The minimum Gasteiger partial charge on any atom is -0.401 e. The van der Waals surface area contributed by atoms with Crippen LogP contribution in [0.2, 0.25) is 0 Å². The highest BCUT2D eigenvalue weighted by Crippen LogP contribution is 2.43. The Morgan fingerprint density at radius 3 is 2.52 bits per heavy atom. The summed E-state index contributed by atoms with van der Waals surface area (Å²) in [5.74, 6) is 0.256. The highest BCUT2D eigenvalue weighted by molar-refractivity contribution is 5.74. The van der Waals surface area contributed by atoms with Gasteiger partial charge in [-0.3, -0.25) is 0 Å². The van der Waals surface area contributed by atoms with E-state index >= 15 is 0 Å². The summed E-state index contributed by atoms with van der Waals surface area (Å²) in [4.78, 5) is 0. The van der Waals surface area contributed by atoms with Crippen LogP contribution in [0.25, 0.3) is 5.57 Å². The fourth-order valence-electron chi connectivity index (χ4n) is 3.84. The lowest BCUT2D eigenvalue weighted by molar-refractivity contribution is 0.452. The number of allylic oxidation sites excluding steroid dienone is 9. The molecule has 0 bridgehead atoms. The van der Waals surface area contributed by atoms with Crippen LogP contribution in [0.15, 0.2) is 83.1 Å². The van der Waals surface area contributed by atoms with Gasteiger partial charge in [0.05, 0.1) is 0 Å². The minimum absolute atomic E-state index is 0.125. The van der Waals surface area contributed by atoms with Crippen molar-refractivity contribution >= 4 is 5.57 Å². The molecule has 2 aliphatic rings. The van der Waals surface area contributed by atoms with Crippen LogP contribution in [0.3, 0.4) is 0 Å². The Labute approximate surface area is 152 Å². The molecule has 1 nitrogen and oxygen atoms in total. The highest BCUT2D eigenvalue weighted by atomic mass is 14.6. The fourth-order valence-corrected chi connectivity index (χ4v) is 3.84. The molecule has 0 saturated heterocycles. The SMILES string of the molecule is CC1=C(N)C(C)C(=C(CC(C)(C)C2=CC=CC2)c2ccccc2)C=C1. The molecular weight excluding hydrogens is 302 g/mol. The molecule has 0 radical (unpaired) electrons. The molecule has 0 spiro atoms. The second kappa shape index (κ2) is 6.92. The first-order chi connectivity index (χ1) is 11.9. The summed E-state index contributed by atoms with van der Waals surface area (Å²) in [7, 11) is 0. The van der Waals surface area contributed by atoms with Crippen molar-refractivity contribution in [2.24, 2.45) is 17.1 Å². The van der Waals surface area contributed by atoms with Gasteiger partial charge in [-0.2, -0.15) is 0 Å². The Balaban J connectivity index is 2.06. The van der Waals surface area contributed by atoms with Gasteiger partial charge in [0.1, 0.15) is 0 Å². The summed E-state index contributed by atoms with van der Waals surface area (Å²) in [6.07, 6.45) is 13.2. The van der Waals surface area contributed by atoms with Gasteiger partial charge >= 0.3 is 0 Å². The Morgan fingerprint density at radius 1 is 1.16 bits per heavy atom. The van der Waals surface area contributed by atoms with E-state index < -0.39 is 0 Å². The first-order valence-corrected chi connectivity index (χ1v) is 9.19. The maximum Gasteiger partial charge on any atom is 0.0212 e. The van der Waals surface area contributed by atoms with Gasteiger partial charge in [0.2, 0.25) is 0 Å². The van der Waals surface area contributed by atoms with E-state index in [4.69, 9.17) is 5.73 Å². The monoisotopic (exact) mass is 331 g/mol. The van der Waals surface area contributed by atoms with Gasteiger partial charge in [-0.25, -0.2) is 0 Å². The van der Waals surface area contributed by atoms with Crippen molar-refractivity contribution in [2.45, 2.75) is 40.5 Å². The molecule has 25 heavy (non-hydrogen) atoms. The summed E-state index contributed by atoms with van der Waals surface area (Å²) in [5.41, 5.74) is 14.3. The lowest BCUT2D eigenvalue weighted by Crippen LogP contribution is -2.19. The summed E-state index contributed by atoms with van der Waals surface area (Å²) in [6.45, 7) is 9.04. The van der Waals surface area contributed by atoms with Gasteiger partial charge in [-0.05, 0) is 47.5 Å². The maximum absolute atomic E-state index is 6.39. The Morgan fingerprint density at radius 2 is 1.88 bits per heavy atom. The average molecular weight is 332 g/mol. The molecule has 3 rings (SSSR count). The Hall–Kier alpha value is -2.28. The van der Waals surface area contributed by atoms with E-state index in [0.717, 1.165) is 18.5 Å². The molecular formula is C24H29N. The molecule has 0 amide bonds. The van der Waals surface area contributed by atoms with E-state index in [1.165, 1.54) is 27.9 Å². The normalized spacial score (nSPS) is 22.4. The summed E-state index contributed by atoms with van der Waals surface area (Å²) in [5, 5.41) is 0. The predicted octanol–water partition coefficient (Wildman–Crippen LogP) is 6.18. The lowest BCUT2D eigenvalue weighted by atomic mass is 9.73. The van der Waals surface area contributed by atoms with Crippen LogP contribution in [0.1, 0.15) is 46.1 Å². The van der Waals surface area contributed by atoms with Gasteiger partial charge in [-0.15, -0.1) is 0 Å². The molecule has 1 aromatic carbocycles. The van der Waals surface area contributed by atoms with Crippen molar-refractivity contribution in [2.75, 3.05) is 0 Å². The van der Waals surface area contributed by atoms with Crippen LogP contribution in [-0.2, 0) is 0 Å². The zero-order valence-corrected chi connectivity index (χ0v) is 15.8. The van der Waals surface area contributed by atoms with Crippen LogP contribution in [0, 0.1) is 11.3 Å². The largest absolute Gasteiger partial charge is 0.401 e. The third-order valence-corrected chi connectivity index (χ3v) is 5.63. The first kappa shape index (κ1) is 17.5. The van der Waals surface area contributed by atoms with Crippen molar-refractivity contribution < 1.29 is 0 Å². The second-order valence-electron chi connectivity index (χ2n) is 7.88. The van der Waals surface area contributed by atoms with Crippen LogP contribution in [-0.4, -0.2) is 0 Å². The topological polar surface area (TPSA) is 26.0 Å². The molecule has 0 fully saturated rings. The van der Waals surface area contributed by atoms with E-state index in [-0.39, 0.29) is 11.3 Å². The zero-order valence-electron chi connectivity index (χ0n) is 15.8. The molecule has 2 N–H and O–H groups in total. The molecule has 0 aliphatic heterocycles. The molecule has 130 valence electrons. The molecule has 0 aromatic heterocycles. The predicted molar refractivity (Wildman–Crippen MR) is 109 cm³/mol. The fraction of sp³-hybridized carbons (Fsp3) is 0.333. The van der Waals surface area contributed by atoms with Gasteiger partial charge < -0.3 is 5.73 Å². The van der Waals surface area contributed by atoms with Crippen molar-refractivity contribution in [3.63, 3.8) is 0 Å². The third kappa shape index (κ3) is 3.56. The summed E-state index contributed by atoms with van der Waals surface area (Å²) >= 11 is 0. The zero-order chi connectivity index (χ0) is 18.0. The van der Waals surface area contributed by atoms with E-state index in [2.05, 4.69) is 88.4 Å². The highest BCUT2D eigenvalue weighted by Gasteiger charge is 2.28. The van der Waals surface area contributed by atoms with Gasteiger partial charge in [-0.1, -0.05) is 87.1 Å². The first-order valence-electron chi connectivity index (χ1n) is 9.19. The number of nitrogens with two attached hydrogens (primary N) is 1. The number of rotatable bonds is 4. The van der Waals surface area contributed by atoms with Crippen LogP contribution >= 0.6 is 0 Å². The van der Waals surface area contributed by atoms with Crippen molar-refractivity contribution in [3.05, 3.63) is 88.7 Å². The van der Waals surface area contributed by atoms with Gasteiger partial charge in [0.15, 0.2) is 0 Å². The number of hydrogen-bond acceptors (Lipinski definition) is 1. The molecule has 1 heteroatoms. The van der Waals surface area contributed by atoms with Gasteiger partial charge in [0, 0.05) is 11.6 Å². The van der Waals surface area contributed by atoms with Crippen molar-refractivity contribution in [1.29, 1.82) is 0 Å². The average Bonchev–Trinajstić information content (AvgIpc) is 3.15. The van der Waals surface area contributed by atoms with E-state index in [0.29, 0.717) is 0 Å². The van der Waals surface area contributed by atoms with Crippen molar-refractivity contribution in [1.82, 2.24) is 0 Å². The quantitative estimate of drug-likeness (QED) is 0.700. The van der Waals surface area contributed by atoms with Crippen LogP contribution in [0.4, 0.5) is 0 Å². The summed E-state index contributed by atoms with van der Waals surface area (Å²) in [6, 6.07) is 10.8. The Kier molecular flexibility index (Phi) is 4.85. The lowest BCUT2D eigenvalue weighted by Gasteiger charge is -2.31. The molecule has 2 aliphatic carbocycles. The smallest absolute Gasteiger partial charge is 0.0212 e. The minimum atomic E-state index is 0.125. The maximum atomic E-state index is 6.39. The van der Waals surface area contributed by atoms with E-state index in [1.54, 1.807) is 0 Å². The summed E-state index contributed by atoms with van der Waals surface area (Å²) < 4.78 is 0. The number of benzene rings is 1.